The molecule has 0 aliphatic carbocycles. The van der Waals surface area contributed by atoms with Gasteiger partial charge in [0.15, 0.2) is 5.13 Å². The molecule has 0 aliphatic rings. The number of nitrogens with one attached hydrogen (secondary N) is 2. The van der Waals surface area contributed by atoms with E-state index in [1.165, 1.54) is 23.5 Å². The Balaban J connectivity index is 1.51. The summed E-state index contributed by atoms with van der Waals surface area (Å²) in [6.45, 7) is 0.431. The molecule has 0 saturated carbocycles. The van der Waals surface area contributed by atoms with Crippen molar-refractivity contribution >= 4 is 28.1 Å². The van der Waals surface area contributed by atoms with Gasteiger partial charge in [0.05, 0.1) is 19.2 Å². The zero-order valence-electron chi connectivity index (χ0n) is 14.2. The van der Waals surface area contributed by atoms with Gasteiger partial charge in [-0.25, -0.2) is 9.37 Å². The standard InChI is InChI=1S/C19H18FN3O2S/c1-25-17-4-2-3-13(9-17)11-21-18(24)10-16-12-26-19(23-16)22-15-7-5-14(20)6-8-15/h2-9,12H,10-11H2,1H3,(H,21,24)(H,22,23). The van der Waals surface area contributed by atoms with Gasteiger partial charge in [0, 0.05) is 17.6 Å². The number of anilines is 2. The summed E-state index contributed by atoms with van der Waals surface area (Å²) in [4.78, 5) is 16.5. The maximum Gasteiger partial charge on any atom is 0.226 e. The number of thiazole rings is 1. The Morgan fingerprint density at radius 3 is 2.81 bits per heavy atom. The first-order valence-electron chi connectivity index (χ1n) is 7.99. The number of carbonyl (C=O) groups is 1. The topological polar surface area (TPSA) is 63.2 Å². The first-order chi connectivity index (χ1) is 12.6. The lowest BCUT2D eigenvalue weighted by atomic mass is 10.2. The fourth-order valence-electron chi connectivity index (χ4n) is 2.31. The Morgan fingerprint density at radius 1 is 1.23 bits per heavy atom. The predicted octanol–water partition coefficient (Wildman–Crippen LogP) is 3.89. The number of ether oxygens (including phenoxy) is 1. The summed E-state index contributed by atoms with van der Waals surface area (Å²) in [7, 11) is 1.61. The van der Waals surface area contributed by atoms with Crippen LogP contribution in [0, 0.1) is 5.82 Å². The molecular formula is C19H18FN3O2S. The highest BCUT2D eigenvalue weighted by atomic mass is 32.1. The first kappa shape index (κ1) is 17.9. The molecule has 3 aromatic rings. The summed E-state index contributed by atoms with van der Waals surface area (Å²) < 4.78 is 18.1. The number of methoxy groups -OCH3 is 1. The van der Waals surface area contributed by atoms with Crippen LogP contribution in [0.3, 0.4) is 0 Å². The van der Waals surface area contributed by atoms with Crippen LogP contribution < -0.4 is 15.4 Å². The first-order valence-corrected chi connectivity index (χ1v) is 8.87. The van der Waals surface area contributed by atoms with Crippen molar-refractivity contribution in [3.05, 3.63) is 71.0 Å². The molecule has 0 fully saturated rings. The van der Waals surface area contributed by atoms with E-state index in [0.29, 0.717) is 17.4 Å². The molecule has 26 heavy (non-hydrogen) atoms. The van der Waals surface area contributed by atoms with Crippen molar-refractivity contribution in [2.45, 2.75) is 13.0 Å². The van der Waals surface area contributed by atoms with Crippen LogP contribution >= 0.6 is 11.3 Å². The van der Waals surface area contributed by atoms with E-state index >= 15 is 0 Å². The van der Waals surface area contributed by atoms with Crippen molar-refractivity contribution in [2.24, 2.45) is 0 Å². The molecule has 7 heteroatoms. The molecule has 1 amide bonds. The summed E-state index contributed by atoms with van der Waals surface area (Å²) in [5.41, 5.74) is 2.40. The van der Waals surface area contributed by atoms with Gasteiger partial charge >= 0.3 is 0 Å². The lowest BCUT2D eigenvalue weighted by Gasteiger charge is -2.06. The number of amides is 1. The lowest BCUT2D eigenvalue weighted by Crippen LogP contribution is -2.24. The Hall–Kier alpha value is -2.93. The molecule has 0 aliphatic heterocycles. The number of benzene rings is 2. The molecule has 0 saturated heterocycles. The van der Waals surface area contributed by atoms with Crippen molar-refractivity contribution in [1.29, 1.82) is 0 Å². The highest BCUT2D eigenvalue weighted by Gasteiger charge is 2.08. The van der Waals surface area contributed by atoms with Crippen molar-refractivity contribution < 1.29 is 13.9 Å². The van der Waals surface area contributed by atoms with E-state index in [0.717, 1.165) is 17.0 Å². The quantitative estimate of drug-likeness (QED) is 0.661. The third kappa shape index (κ3) is 5.03. The second kappa shape index (κ2) is 8.44. The van der Waals surface area contributed by atoms with Crippen molar-refractivity contribution in [1.82, 2.24) is 10.3 Å². The monoisotopic (exact) mass is 371 g/mol. The minimum Gasteiger partial charge on any atom is -0.497 e. The van der Waals surface area contributed by atoms with Gasteiger partial charge in [-0.1, -0.05) is 12.1 Å². The summed E-state index contributed by atoms with van der Waals surface area (Å²) >= 11 is 1.40. The van der Waals surface area contributed by atoms with Gasteiger partial charge in [-0.05, 0) is 42.0 Å². The molecule has 2 N–H and O–H groups in total. The molecule has 3 rings (SSSR count). The smallest absolute Gasteiger partial charge is 0.226 e. The maximum absolute atomic E-state index is 12.9. The summed E-state index contributed by atoms with van der Waals surface area (Å²) in [6.07, 6.45) is 0.200. The zero-order chi connectivity index (χ0) is 18.4. The highest BCUT2D eigenvalue weighted by molar-refractivity contribution is 7.13. The van der Waals surface area contributed by atoms with Crippen LogP contribution in [0.2, 0.25) is 0 Å². The second-order valence-electron chi connectivity index (χ2n) is 5.58. The van der Waals surface area contributed by atoms with Crippen LogP contribution in [0.15, 0.2) is 53.9 Å². The maximum atomic E-state index is 12.9. The predicted molar refractivity (Wildman–Crippen MR) is 100 cm³/mol. The SMILES string of the molecule is COc1cccc(CNC(=O)Cc2csc(Nc3ccc(F)cc3)n2)c1. The number of rotatable bonds is 7. The summed E-state index contributed by atoms with van der Waals surface area (Å²) in [6, 6.07) is 13.6. The number of carbonyl (C=O) groups excluding carboxylic acids is 1. The molecule has 0 radical (unpaired) electrons. The van der Waals surface area contributed by atoms with E-state index in [2.05, 4.69) is 15.6 Å². The number of halogens is 1. The van der Waals surface area contributed by atoms with Crippen LogP contribution in [0.4, 0.5) is 15.2 Å². The largest absolute Gasteiger partial charge is 0.497 e. The van der Waals surface area contributed by atoms with Gasteiger partial charge in [0.25, 0.3) is 0 Å². The number of hydrogen-bond acceptors (Lipinski definition) is 5. The van der Waals surface area contributed by atoms with Crippen LogP contribution in [0.1, 0.15) is 11.3 Å². The van der Waals surface area contributed by atoms with E-state index < -0.39 is 0 Å². The molecule has 0 atom stereocenters. The second-order valence-corrected chi connectivity index (χ2v) is 6.44. The molecule has 0 spiro atoms. The Labute approximate surface area is 154 Å². The molecule has 0 unspecified atom stereocenters. The van der Waals surface area contributed by atoms with Crippen molar-refractivity contribution in [2.75, 3.05) is 12.4 Å². The fourth-order valence-corrected chi connectivity index (χ4v) is 3.04. The zero-order valence-corrected chi connectivity index (χ0v) is 15.0. The van der Waals surface area contributed by atoms with Gasteiger partial charge in [-0.15, -0.1) is 11.3 Å². The molecule has 2 aromatic carbocycles. The minimum absolute atomic E-state index is 0.105. The summed E-state index contributed by atoms with van der Waals surface area (Å²) in [5, 5.41) is 8.45. The molecular weight excluding hydrogens is 353 g/mol. The van der Waals surface area contributed by atoms with Crippen molar-refractivity contribution in [3.63, 3.8) is 0 Å². The van der Waals surface area contributed by atoms with E-state index in [9.17, 15) is 9.18 Å². The van der Waals surface area contributed by atoms with Crippen LogP contribution in [0.25, 0.3) is 0 Å². The van der Waals surface area contributed by atoms with Crippen LogP contribution in [-0.2, 0) is 17.8 Å². The Kier molecular flexibility index (Phi) is 5.80. The van der Waals surface area contributed by atoms with Crippen LogP contribution in [0.5, 0.6) is 5.75 Å². The molecule has 1 aromatic heterocycles. The third-order valence-electron chi connectivity index (χ3n) is 3.61. The number of hydrogen-bond donors (Lipinski definition) is 2. The van der Waals surface area contributed by atoms with Gasteiger partial charge in [0.2, 0.25) is 5.91 Å². The summed E-state index contributed by atoms with van der Waals surface area (Å²) in [5.74, 6) is 0.363. The van der Waals surface area contributed by atoms with Gasteiger partial charge < -0.3 is 15.4 Å². The van der Waals surface area contributed by atoms with Gasteiger partial charge in [0.1, 0.15) is 11.6 Å². The Morgan fingerprint density at radius 2 is 2.04 bits per heavy atom. The van der Waals surface area contributed by atoms with E-state index in [1.54, 1.807) is 19.2 Å². The van der Waals surface area contributed by atoms with Crippen molar-refractivity contribution in [3.8, 4) is 5.75 Å². The molecule has 5 nitrogen and oxygen atoms in total. The molecule has 1 heterocycles. The number of nitrogens with zero attached hydrogens (tertiary/aromatic N) is 1. The van der Waals surface area contributed by atoms with Gasteiger partial charge in [-0.2, -0.15) is 0 Å². The molecule has 0 bridgehead atoms. The van der Waals surface area contributed by atoms with Gasteiger partial charge in [-0.3, -0.25) is 4.79 Å². The molecule has 134 valence electrons. The average molecular weight is 371 g/mol. The third-order valence-corrected chi connectivity index (χ3v) is 4.42. The fraction of sp³-hybridized carbons (Fsp3) is 0.158. The van der Waals surface area contributed by atoms with E-state index in [1.807, 2.05) is 29.6 Å². The number of aromatic nitrogens is 1. The highest BCUT2D eigenvalue weighted by Crippen LogP contribution is 2.21. The lowest BCUT2D eigenvalue weighted by molar-refractivity contribution is -0.120. The van der Waals surface area contributed by atoms with Crippen LogP contribution in [-0.4, -0.2) is 18.0 Å². The Bertz CT molecular complexity index is 881. The van der Waals surface area contributed by atoms with E-state index in [-0.39, 0.29) is 18.1 Å². The normalized spacial score (nSPS) is 10.4. The van der Waals surface area contributed by atoms with E-state index in [4.69, 9.17) is 4.74 Å². The minimum atomic E-state index is -0.289. The average Bonchev–Trinajstić information content (AvgIpc) is 3.09.